The first kappa shape index (κ1) is 18.8. The highest BCUT2D eigenvalue weighted by Gasteiger charge is 2.43. The van der Waals surface area contributed by atoms with Gasteiger partial charge in [0, 0.05) is 32.7 Å². The van der Waals surface area contributed by atoms with E-state index in [2.05, 4.69) is 35.4 Å². The SMILES string of the molecule is Cc1cc(-c2csc(NC(=O)[C@]3(C)CC(c4ccccc4F)=NO3)n2)c(C)s1. The zero-order valence-electron chi connectivity index (χ0n) is 15.6. The summed E-state index contributed by atoms with van der Waals surface area (Å²) in [6, 6.07) is 8.41. The Morgan fingerprint density at radius 2 is 2.07 bits per heavy atom. The van der Waals surface area contributed by atoms with E-state index < -0.39 is 5.60 Å². The molecule has 0 aliphatic carbocycles. The standard InChI is InChI=1S/C20H18FN3O2S2/c1-11-8-14(12(2)28-11)17-10-27-19(22-17)23-18(25)20(3)9-16(24-26-20)13-6-4-5-7-15(13)21/h4-8,10H,9H2,1-3H3,(H,22,23,25)/t20-/m0/s1. The monoisotopic (exact) mass is 415 g/mol. The Labute approximate surface area is 169 Å². The van der Waals surface area contributed by atoms with Crippen LogP contribution >= 0.6 is 22.7 Å². The molecule has 144 valence electrons. The van der Waals surface area contributed by atoms with Crippen molar-refractivity contribution in [2.75, 3.05) is 5.32 Å². The maximum atomic E-state index is 14.0. The molecule has 0 bridgehead atoms. The highest BCUT2D eigenvalue weighted by molar-refractivity contribution is 7.14. The van der Waals surface area contributed by atoms with Gasteiger partial charge >= 0.3 is 0 Å². The third-order valence-electron chi connectivity index (χ3n) is 4.57. The highest BCUT2D eigenvalue weighted by Crippen LogP contribution is 2.34. The smallest absolute Gasteiger partial charge is 0.273 e. The molecule has 5 nitrogen and oxygen atoms in total. The van der Waals surface area contributed by atoms with Crippen molar-refractivity contribution in [1.29, 1.82) is 0 Å². The number of oxime groups is 1. The van der Waals surface area contributed by atoms with Gasteiger partial charge in [0.2, 0.25) is 5.60 Å². The number of carbonyl (C=O) groups excluding carboxylic acids is 1. The van der Waals surface area contributed by atoms with Gasteiger partial charge in [-0.3, -0.25) is 10.1 Å². The van der Waals surface area contributed by atoms with Crippen LogP contribution in [0.25, 0.3) is 11.3 Å². The number of aryl methyl sites for hydroxylation is 2. The number of nitrogens with one attached hydrogen (secondary N) is 1. The molecule has 1 atom stereocenters. The molecule has 0 fully saturated rings. The molecule has 1 amide bonds. The number of thiazole rings is 1. The van der Waals surface area contributed by atoms with Gasteiger partial charge in [-0.15, -0.1) is 22.7 Å². The molecule has 1 aromatic carbocycles. The molecule has 0 saturated heterocycles. The van der Waals surface area contributed by atoms with Gasteiger partial charge in [-0.25, -0.2) is 9.37 Å². The van der Waals surface area contributed by atoms with Crippen molar-refractivity contribution >= 4 is 39.4 Å². The zero-order chi connectivity index (χ0) is 19.9. The van der Waals surface area contributed by atoms with Crippen LogP contribution in [0.15, 0.2) is 40.9 Å². The summed E-state index contributed by atoms with van der Waals surface area (Å²) in [5, 5.41) is 9.17. The number of hydrogen-bond donors (Lipinski definition) is 1. The van der Waals surface area contributed by atoms with Crippen molar-refractivity contribution in [3.63, 3.8) is 0 Å². The molecule has 0 unspecified atom stereocenters. The molecule has 3 heterocycles. The zero-order valence-corrected chi connectivity index (χ0v) is 17.2. The summed E-state index contributed by atoms with van der Waals surface area (Å²) in [4.78, 5) is 25.1. The highest BCUT2D eigenvalue weighted by atomic mass is 32.1. The quantitative estimate of drug-likeness (QED) is 0.641. The topological polar surface area (TPSA) is 63.6 Å². The van der Waals surface area contributed by atoms with E-state index >= 15 is 0 Å². The van der Waals surface area contributed by atoms with E-state index in [-0.39, 0.29) is 18.1 Å². The molecule has 0 saturated carbocycles. The van der Waals surface area contributed by atoms with Crippen LogP contribution in [0.5, 0.6) is 0 Å². The van der Waals surface area contributed by atoms with Gasteiger partial charge in [0.15, 0.2) is 5.13 Å². The molecule has 3 aromatic rings. The lowest BCUT2D eigenvalue weighted by Gasteiger charge is -2.19. The normalized spacial score (nSPS) is 18.6. The molecule has 1 N–H and O–H groups in total. The van der Waals surface area contributed by atoms with Crippen LogP contribution in [0.3, 0.4) is 0 Å². The van der Waals surface area contributed by atoms with E-state index in [1.165, 1.54) is 27.2 Å². The van der Waals surface area contributed by atoms with Crippen LogP contribution in [0.1, 0.15) is 28.7 Å². The maximum absolute atomic E-state index is 14.0. The minimum absolute atomic E-state index is 0.181. The molecule has 28 heavy (non-hydrogen) atoms. The number of anilines is 1. The average Bonchev–Trinajstić information content (AvgIpc) is 3.35. The van der Waals surface area contributed by atoms with Crippen molar-refractivity contribution in [3.05, 3.63) is 56.8 Å². The second-order valence-corrected chi connectivity index (χ2v) is 9.15. The van der Waals surface area contributed by atoms with Crippen molar-refractivity contribution in [2.45, 2.75) is 32.8 Å². The first-order valence-electron chi connectivity index (χ1n) is 8.70. The minimum Gasteiger partial charge on any atom is -0.379 e. The molecule has 0 spiro atoms. The largest absolute Gasteiger partial charge is 0.379 e. The number of aromatic nitrogens is 1. The van der Waals surface area contributed by atoms with Crippen LogP contribution < -0.4 is 5.32 Å². The lowest BCUT2D eigenvalue weighted by Crippen LogP contribution is -2.40. The fraction of sp³-hybridized carbons (Fsp3) is 0.250. The molecule has 4 rings (SSSR count). The van der Waals surface area contributed by atoms with Crippen LogP contribution in [0.2, 0.25) is 0 Å². The predicted octanol–water partition coefficient (Wildman–Crippen LogP) is 5.15. The summed E-state index contributed by atoms with van der Waals surface area (Å²) in [5.74, 6) is -0.748. The van der Waals surface area contributed by atoms with Crippen molar-refractivity contribution < 1.29 is 14.0 Å². The lowest BCUT2D eigenvalue weighted by molar-refractivity contribution is -0.135. The summed E-state index contributed by atoms with van der Waals surface area (Å²) >= 11 is 3.07. The van der Waals surface area contributed by atoms with Gasteiger partial charge in [0.05, 0.1) is 11.4 Å². The van der Waals surface area contributed by atoms with Crippen LogP contribution in [0.4, 0.5) is 9.52 Å². The first-order chi connectivity index (χ1) is 13.4. The number of benzene rings is 1. The van der Waals surface area contributed by atoms with Gasteiger partial charge in [-0.1, -0.05) is 23.4 Å². The number of hydrogen-bond acceptors (Lipinski definition) is 6. The summed E-state index contributed by atoms with van der Waals surface area (Å²) < 4.78 is 14.0. The summed E-state index contributed by atoms with van der Waals surface area (Å²) in [6.07, 6.45) is 0.181. The maximum Gasteiger partial charge on any atom is 0.273 e. The van der Waals surface area contributed by atoms with Crippen molar-refractivity contribution in [2.24, 2.45) is 5.16 Å². The molecular weight excluding hydrogens is 397 g/mol. The molecule has 0 radical (unpaired) electrons. The Bertz CT molecular complexity index is 1090. The first-order valence-corrected chi connectivity index (χ1v) is 10.4. The Morgan fingerprint density at radius 1 is 1.29 bits per heavy atom. The number of rotatable bonds is 4. The molecular formula is C20H18FN3O2S2. The molecule has 1 aliphatic rings. The van der Waals surface area contributed by atoms with Crippen molar-refractivity contribution in [3.8, 4) is 11.3 Å². The molecule has 1 aliphatic heterocycles. The third kappa shape index (κ3) is 3.45. The number of nitrogens with zero attached hydrogens (tertiary/aromatic N) is 2. The van der Waals surface area contributed by atoms with Gasteiger partial charge in [-0.05, 0) is 32.9 Å². The fourth-order valence-corrected chi connectivity index (χ4v) is 4.71. The van der Waals surface area contributed by atoms with E-state index in [9.17, 15) is 9.18 Å². The summed E-state index contributed by atoms with van der Waals surface area (Å²) in [7, 11) is 0. The Balaban J connectivity index is 1.47. The Kier molecular flexibility index (Phi) is 4.76. The summed E-state index contributed by atoms with van der Waals surface area (Å²) in [5.41, 5.74) is 1.47. The number of carbonyl (C=O) groups is 1. The van der Waals surface area contributed by atoms with E-state index in [0.29, 0.717) is 16.4 Å². The van der Waals surface area contributed by atoms with E-state index in [4.69, 9.17) is 4.84 Å². The van der Waals surface area contributed by atoms with Gasteiger partial charge in [-0.2, -0.15) is 0 Å². The second-order valence-electron chi connectivity index (χ2n) is 6.84. The molecule has 2 aromatic heterocycles. The Morgan fingerprint density at radius 3 is 2.79 bits per heavy atom. The van der Waals surface area contributed by atoms with Gasteiger partial charge in [0.1, 0.15) is 5.82 Å². The summed E-state index contributed by atoms with van der Waals surface area (Å²) in [6.45, 7) is 5.75. The fourth-order valence-electron chi connectivity index (χ4n) is 3.07. The second kappa shape index (κ2) is 7.10. The van der Waals surface area contributed by atoms with E-state index in [1.54, 1.807) is 36.5 Å². The number of thiophene rings is 1. The Hall–Kier alpha value is -2.58. The molecule has 8 heteroatoms. The number of halogens is 1. The van der Waals surface area contributed by atoms with Gasteiger partial charge < -0.3 is 4.84 Å². The average molecular weight is 416 g/mol. The van der Waals surface area contributed by atoms with E-state index in [1.807, 2.05) is 5.38 Å². The van der Waals surface area contributed by atoms with Crippen LogP contribution in [-0.4, -0.2) is 22.2 Å². The van der Waals surface area contributed by atoms with Crippen molar-refractivity contribution in [1.82, 2.24) is 4.98 Å². The minimum atomic E-state index is -1.21. The third-order valence-corrected chi connectivity index (χ3v) is 6.29. The number of amides is 1. The predicted molar refractivity (Wildman–Crippen MR) is 111 cm³/mol. The van der Waals surface area contributed by atoms with Crippen LogP contribution in [0, 0.1) is 19.7 Å². The van der Waals surface area contributed by atoms with Gasteiger partial charge in [0.25, 0.3) is 5.91 Å². The lowest BCUT2D eigenvalue weighted by atomic mass is 9.95. The van der Waals surface area contributed by atoms with Crippen LogP contribution in [-0.2, 0) is 9.63 Å². The van der Waals surface area contributed by atoms with E-state index in [0.717, 1.165) is 11.3 Å².